The third-order valence-corrected chi connectivity index (χ3v) is 3.41. The van der Waals surface area contributed by atoms with Crippen LogP contribution in [0.15, 0.2) is 22.8 Å². The fraction of sp³-hybridized carbons (Fsp3) is 0.300. The average molecular weight is 319 g/mol. The predicted molar refractivity (Wildman–Crippen MR) is 59.5 cm³/mol. The first-order valence-corrected chi connectivity index (χ1v) is 7.52. The van der Waals surface area contributed by atoms with Crippen molar-refractivity contribution in [3.63, 3.8) is 0 Å². The van der Waals surface area contributed by atoms with Crippen molar-refractivity contribution >= 4 is 22.7 Å². The lowest BCUT2D eigenvalue weighted by atomic mass is 10.2. The van der Waals surface area contributed by atoms with Gasteiger partial charge in [0.1, 0.15) is 6.20 Å². The SMILES string of the molecule is Cc1nc2c(c[n+]1C)CN1C=CSC1=N2.[O-][Cl+3]([O-])([O-])[O-]. The van der Waals surface area contributed by atoms with Gasteiger partial charge >= 0.3 is 0 Å². The van der Waals surface area contributed by atoms with Gasteiger partial charge in [-0.15, -0.1) is 10.2 Å². The van der Waals surface area contributed by atoms with Gasteiger partial charge in [-0.3, -0.25) is 0 Å². The van der Waals surface area contributed by atoms with E-state index in [0.717, 1.165) is 23.4 Å². The van der Waals surface area contributed by atoms with E-state index in [1.807, 2.05) is 18.5 Å². The molecule has 0 unspecified atom stereocenters. The molecular weight excluding hydrogens is 308 g/mol. The number of thioether (sulfide) groups is 1. The second kappa shape index (κ2) is 5.64. The van der Waals surface area contributed by atoms with Crippen molar-refractivity contribution < 1.29 is 33.4 Å². The lowest BCUT2D eigenvalue weighted by Crippen LogP contribution is -2.68. The Morgan fingerprint density at radius 3 is 2.65 bits per heavy atom. The second-order valence-electron chi connectivity index (χ2n) is 4.05. The molecule has 1 aromatic heterocycles. The maximum Gasteiger partial charge on any atom is 0.297 e. The molecule has 0 amide bonds. The molecule has 3 heterocycles. The number of aliphatic imine (C=N–C) groups is 1. The Hall–Kier alpha value is -1.23. The zero-order valence-corrected chi connectivity index (χ0v) is 12.2. The number of hydrogen-bond donors (Lipinski definition) is 0. The van der Waals surface area contributed by atoms with Gasteiger partial charge in [-0.25, -0.2) is 23.2 Å². The minimum atomic E-state index is -4.94. The number of halogens is 1. The summed E-state index contributed by atoms with van der Waals surface area (Å²) < 4.78 is 36.0. The Kier molecular flexibility index (Phi) is 4.28. The van der Waals surface area contributed by atoms with Crippen molar-refractivity contribution in [1.82, 2.24) is 9.88 Å². The fourth-order valence-corrected chi connectivity index (χ4v) is 2.41. The van der Waals surface area contributed by atoms with Crippen LogP contribution >= 0.6 is 11.8 Å². The second-order valence-corrected chi connectivity index (χ2v) is 5.68. The van der Waals surface area contributed by atoms with Gasteiger partial charge < -0.3 is 4.90 Å². The van der Waals surface area contributed by atoms with Gasteiger partial charge in [0.2, 0.25) is 0 Å². The molecular formula is C10H11ClN4O4S. The lowest BCUT2D eigenvalue weighted by Gasteiger charge is -2.19. The van der Waals surface area contributed by atoms with E-state index in [1.165, 1.54) is 5.56 Å². The van der Waals surface area contributed by atoms with Gasteiger partial charge in [0.05, 0.1) is 19.2 Å². The van der Waals surface area contributed by atoms with Crippen LogP contribution < -0.4 is 23.2 Å². The standard InChI is InChI=1S/C10H11N4S.ClHO4/c1-7-11-9-8(5-13(7)2)6-14-3-4-15-10(14)12-9;2-1(3,4)5/h3-5H,6H2,1-2H3;(H,2,3,4,5)/q+1;/p-1. The highest BCUT2D eigenvalue weighted by molar-refractivity contribution is 8.16. The molecule has 0 saturated carbocycles. The summed E-state index contributed by atoms with van der Waals surface area (Å²) >= 11 is 1.65. The molecule has 0 atom stereocenters. The number of amidine groups is 1. The molecule has 0 fully saturated rings. The third-order valence-electron chi connectivity index (χ3n) is 2.62. The molecule has 0 spiro atoms. The molecule has 0 aromatic carbocycles. The first kappa shape index (κ1) is 15.2. The molecule has 3 rings (SSSR count). The molecule has 108 valence electrons. The van der Waals surface area contributed by atoms with E-state index in [2.05, 4.69) is 32.7 Å². The van der Waals surface area contributed by atoms with Crippen molar-refractivity contribution in [2.45, 2.75) is 13.5 Å². The molecule has 0 saturated heterocycles. The van der Waals surface area contributed by atoms with Gasteiger partial charge in [-0.05, 0) is 10.4 Å². The molecule has 0 aliphatic carbocycles. The zero-order valence-electron chi connectivity index (χ0n) is 10.6. The summed E-state index contributed by atoms with van der Waals surface area (Å²) in [6, 6.07) is 0. The molecule has 2 aliphatic heterocycles. The highest BCUT2D eigenvalue weighted by Crippen LogP contribution is 2.30. The zero-order chi connectivity index (χ0) is 14.9. The highest BCUT2D eigenvalue weighted by atomic mass is 35.7. The molecule has 0 bridgehead atoms. The topological polar surface area (TPSA) is 125 Å². The van der Waals surface area contributed by atoms with Crippen molar-refractivity contribution in [2.24, 2.45) is 12.0 Å². The average Bonchev–Trinajstić information content (AvgIpc) is 2.72. The monoisotopic (exact) mass is 318 g/mol. The smallest absolute Gasteiger partial charge is 0.297 e. The van der Waals surface area contributed by atoms with Crippen LogP contribution in [0.2, 0.25) is 0 Å². The Morgan fingerprint density at radius 1 is 1.35 bits per heavy atom. The summed E-state index contributed by atoms with van der Waals surface area (Å²) in [5.74, 6) is 1.86. The van der Waals surface area contributed by atoms with Crippen LogP contribution in [0.3, 0.4) is 0 Å². The minimum absolute atomic E-state index is 0.869. The summed E-state index contributed by atoms with van der Waals surface area (Å²) in [6.07, 6.45) is 4.17. The Balaban J connectivity index is 0.000000257. The van der Waals surface area contributed by atoms with Crippen LogP contribution in [0.5, 0.6) is 0 Å². The van der Waals surface area contributed by atoms with Gasteiger partial charge in [0, 0.05) is 13.1 Å². The molecule has 0 N–H and O–H groups in total. The predicted octanol–water partition coefficient (Wildman–Crippen LogP) is -3.52. The van der Waals surface area contributed by atoms with E-state index >= 15 is 0 Å². The lowest BCUT2D eigenvalue weighted by molar-refractivity contribution is -2.00. The van der Waals surface area contributed by atoms with Crippen molar-refractivity contribution in [3.05, 3.63) is 29.2 Å². The Morgan fingerprint density at radius 2 is 2.00 bits per heavy atom. The van der Waals surface area contributed by atoms with Crippen molar-refractivity contribution in [2.75, 3.05) is 0 Å². The van der Waals surface area contributed by atoms with E-state index < -0.39 is 10.2 Å². The molecule has 8 nitrogen and oxygen atoms in total. The van der Waals surface area contributed by atoms with E-state index in [9.17, 15) is 0 Å². The molecule has 10 heteroatoms. The third kappa shape index (κ3) is 3.88. The number of hydrogen-bond acceptors (Lipinski definition) is 8. The summed E-state index contributed by atoms with van der Waals surface area (Å²) in [6.45, 7) is 2.87. The molecule has 2 aliphatic rings. The highest BCUT2D eigenvalue weighted by Gasteiger charge is 2.26. The number of aromatic nitrogens is 2. The largest absolute Gasteiger partial charge is 0.322 e. The summed E-state index contributed by atoms with van der Waals surface area (Å²) in [7, 11) is -2.93. The maximum atomic E-state index is 8.49. The van der Waals surface area contributed by atoms with E-state index in [4.69, 9.17) is 18.6 Å². The van der Waals surface area contributed by atoms with E-state index in [-0.39, 0.29) is 0 Å². The van der Waals surface area contributed by atoms with Gasteiger partial charge in [0.15, 0.2) is 5.17 Å². The first-order valence-electron chi connectivity index (χ1n) is 5.40. The number of rotatable bonds is 0. The van der Waals surface area contributed by atoms with Crippen LogP contribution in [0.25, 0.3) is 0 Å². The van der Waals surface area contributed by atoms with Gasteiger partial charge in [-0.2, -0.15) is 4.99 Å². The van der Waals surface area contributed by atoms with Crippen LogP contribution in [0.4, 0.5) is 5.82 Å². The first-order chi connectivity index (χ1) is 9.24. The van der Waals surface area contributed by atoms with Crippen LogP contribution in [0, 0.1) is 17.2 Å². The quantitative estimate of drug-likeness (QED) is 0.454. The summed E-state index contributed by atoms with van der Waals surface area (Å²) in [5, 5.41) is 3.08. The van der Waals surface area contributed by atoms with Crippen LogP contribution in [0.1, 0.15) is 11.4 Å². The van der Waals surface area contributed by atoms with E-state index in [0.29, 0.717) is 0 Å². The molecule has 1 aromatic rings. The van der Waals surface area contributed by atoms with Crippen molar-refractivity contribution in [1.29, 1.82) is 0 Å². The van der Waals surface area contributed by atoms with E-state index in [1.54, 1.807) is 11.8 Å². The Labute approximate surface area is 121 Å². The van der Waals surface area contributed by atoms with Crippen LogP contribution in [-0.4, -0.2) is 15.1 Å². The normalized spacial score (nSPS) is 16.1. The van der Waals surface area contributed by atoms with Gasteiger partial charge in [0.25, 0.3) is 11.6 Å². The molecule has 0 radical (unpaired) electrons. The summed E-state index contributed by atoms with van der Waals surface area (Å²) in [5.41, 5.74) is 1.18. The fourth-order valence-electron chi connectivity index (χ4n) is 1.68. The number of nitrogens with zero attached hydrogens (tertiary/aromatic N) is 4. The summed E-state index contributed by atoms with van der Waals surface area (Å²) in [4.78, 5) is 11.2. The van der Waals surface area contributed by atoms with Crippen LogP contribution in [-0.2, 0) is 13.6 Å². The number of fused-ring (bicyclic) bond motifs is 2. The Bertz CT molecular complexity index is 581. The van der Waals surface area contributed by atoms with Gasteiger partial charge in [-0.1, -0.05) is 11.8 Å². The molecule has 20 heavy (non-hydrogen) atoms. The maximum absolute atomic E-state index is 8.49. The van der Waals surface area contributed by atoms with Crippen molar-refractivity contribution in [3.8, 4) is 0 Å². The minimum Gasteiger partial charge on any atom is -0.322 e. The number of aryl methyl sites for hydroxylation is 2.